The number of rotatable bonds is 11. The minimum atomic E-state index is -4.18. The molecule has 3 aromatic rings. The predicted molar refractivity (Wildman–Crippen MR) is 149 cm³/mol. The SMILES string of the molecule is CCNC(=O)C(C)N(Cc1c(Cl)cccc1Cl)C(=O)CN(c1ccccc1)S(=O)(=O)c1ccc(OC)cc1. The van der Waals surface area contributed by atoms with Gasteiger partial charge in [-0.3, -0.25) is 13.9 Å². The molecule has 0 aliphatic heterocycles. The smallest absolute Gasteiger partial charge is 0.264 e. The molecule has 0 saturated heterocycles. The van der Waals surface area contributed by atoms with E-state index in [1.807, 2.05) is 0 Å². The number of ether oxygens (including phenoxy) is 1. The van der Waals surface area contributed by atoms with E-state index in [2.05, 4.69) is 5.32 Å². The van der Waals surface area contributed by atoms with Crippen LogP contribution in [-0.2, 0) is 26.2 Å². The predicted octanol–water partition coefficient (Wildman–Crippen LogP) is 4.75. The number of sulfonamides is 1. The highest BCUT2D eigenvalue weighted by molar-refractivity contribution is 7.92. The van der Waals surface area contributed by atoms with Gasteiger partial charge in [-0.2, -0.15) is 0 Å². The third-order valence-electron chi connectivity index (χ3n) is 5.88. The van der Waals surface area contributed by atoms with Gasteiger partial charge in [-0.1, -0.05) is 47.5 Å². The van der Waals surface area contributed by atoms with Crippen molar-refractivity contribution in [1.29, 1.82) is 0 Å². The molecular weight excluding hydrogens is 549 g/mol. The van der Waals surface area contributed by atoms with Crippen molar-refractivity contribution in [3.63, 3.8) is 0 Å². The van der Waals surface area contributed by atoms with Gasteiger partial charge in [-0.15, -0.1) is 0 Å². The van der Waals surface area contributed by atoms with Gasteiger partial charge in [-0.25, -0.2) is 8.42 Å². The Morgan fingerprint density at radius 1 is 0.947 bits per heavy atom. The third-order valence-corrected chi connectivity index (χ3v) is 8.38. The minimum Gasteiger partial charge on any atom is -0.497 e. The second-order valence-corrected chi connectivity index (χ2v) is 11.0. The van der Waals surface area contributed by atoms with Crippen molar-refractivity contribution in [2.45, 2.75) is 31.3 Å². The van der Waals surface area contributed by atoms with E-state index in [1.54, 1.807) is 62.4 Å². The second-order valence-electron chi connectivity index (χ2n) is 8.32. The van der Waals surface area contributed by atoms with Crippen LogP contribution in [-0.4, -0.2) is 51.4 Å². The Hall–Kier alpha value is -3.27. The Kier molecular flexibility index (Phi) is 10.0. The first-order valence-electron chi connectivity index (χ1n) is 11.8. The van der Waals surface area contributed by atoms with E-state index in [1.165, 1.54) is 36.3 Å². The minimum absolute atomic E-state index is 0.0209. The summed E-state index contributed by atoms with van der Waals surface area (Å²) in [6.07, 6.45) is 0. The monoisotopic (exact) mass is 577 g/mol. The number of nitrogens with zero attached hydrogens (tertiary/aromatic N) is 2. The highest BCUT2D eigenvalue weighted by atomic mass is 35.5. The van der Waals surface area contributed by atoms with Crippen LogP contribution in [0.15, 0.2) is 77.7 Å². The zero-order valence-electron chi connectivity index (χ0n) is 21.2. The van der Waals surface area contributed by atoms with Crippen molar-refractivity contribution in [3.8, 4) is 5.75 Å². The molecule has 2 amide bonds. The molecule has 1 unspecified atom stereocenters. The van der Waals surface area contributed by atoms with Gasteiger partial charge in [0.2, 0.25) is 11.8 Å². The molecule has 0 heterocycles. The standard InChI is InChI=1S/C27H29Cl2N3O5S/c1-4-30-27(34)19(2)31(17-23-24(28)11-8-12-25(23)29)26(33)18-32(20-9-6-5-7-10-20)38(35,36)22-15-13-21(37-3)14-16-22/h5-16,19H,4,17-18H2,1-3H3,(H,30,34). The zero-order valence-corrected chi connectivity index (χ0v) is 23.6. The molecule has 3 rings (SSSR count). The fourth-order valence-electron chi connectivity index (χ4n) is 3.76. The topological polar surface area (TPSA) is 96.0 Å². The molecule has 3 aromatic carbocycles. The molecule has 0 aliphatic rings. The van der Waals surface area contributed by atoms with Crippen LogP contribution >= 0.6 is 23.2 Å². The number of benzene rings is 3. The van der Waals surface area contributed by atoms with E-state index >= 15 is 0 Å². The van der Waals surface area contributed by atoms with Crippen LogP contribution in [0, 0.1) is 0 Å². The van der Waals surface area contributed by atoms with Gasteiger partial charge in [-0.05, 0) is 62.4 Å². The van der Waals surface area contributed by atoms with Crippen LogP contribution in [0.4, 0.5) is 5.69 Å². The summed E-state index contributed by atoms with van der Waals surface area (Å²) >= 11 is 12.7. The molecule has 0 spiro atoms. The molecular formula is C27H29Cl2N3O5S. The summed E-state index contributed by atoms with van der Waals surface area (Å²) in [7, 11) is -2.70. The van der Waals surface area contributed by atoms with E-state index in [4.69, 9.17) is 27.9 Å². The van der Waals surface area contributed by atoms with Crippen LogP contribution in [0.3, 0.4) is 0 Å². The average molecular weight is 579 g/mol. The molecule has 0 saturated carbocycles. The quantitative estimate of drug-likeness (QED) is 0.354. The molecule has 11 heteroatoms. The number of hydrogen-bond acceptors (Lipinski definition) is 5. The lowest BCUT2D eigenvalue weighted by Gasteiger charge is -2.32. The molecule has 38 heavy (non-hydrogen) atoms. The Morgan fingerprint density at radius 2 is 1.55 bits per heavy atom. The Morgan fingerprint density at radius 3 is 2.11 bits per heavy atom. The normalized spacial score (nSPS) is 11.9. The first-order chi connectivity index (χ1) is 18.1. The Balaban J connectivity index is 2.04. The van der Waals surface area contributed by atoms with E-state index in [0.29, 0.717) is 27.9 Å². The number of halogens is 2. The van der Waals surface area contributed by atoms with Crippen LogP contribution < -0.4 is 14.4 Å². The van der Waals surface area contributed by atoms with E-state index in [0.717, 1.165) is 4.31 Å². The summed E-state index contributed by atoms with van der Waals surface area (Å²) in [5.41, 5.74) is 0.739. The van der Waals surface area contributed by atoms with Crippen molar-refractivity contribution in [2.24, 2.45) is 0 Å². The number of para-hydroxylation sites is 1. The van der Waals surface area contributed by atoms with E-state index < -0.39 is 34.4 Å². The fourth-order valence-corrected chi connectivity index (χ4v) is 5.69. The van der Waals surface area contributed by atoms with Crippen molar-refractivity contribution in [3.05, 3.63) is 88.4 Å². The lowest BCUT2D eigenvalue weighted by atomic mass is 10.1. The first-order valence-corrected chi connectivity index (χ1v) is 14.0. The van der Waals surface area contributed by atoms with Crippen molar-refractivity contribution >= 4 is 50.7 Å². The lowest BCUT2D eigenvalue weighted by molar-refractivity contribution is -0.139. The number of hydrogen-bond donors (Lipinski definition) is 1. The highest BCUT2D eigenvalue weighted by Crippen LogP contribution is 2.28. The molecule has 0 fully saturated rings. The molecule has 1 atom stereocenters. The fraction of sp³-hybridized carbons (Fsp3) is 0.259. The van der Waals surface area contributed by atoms with Gasteiger partial charge >= 0.3 is 0 Å². The number of carbonyl (C=O) groups is 2. The van der Waals surface area contributed by atoms with Gasteiger partial charge in [0, 0.05) is 28.7 Å². The zero-order chi connectivity index (χ0) is 27.9. The number of anilines is 1. The summed E-state index contributed by atoms with van der Waals surface area (Å²) in [4.78, 5) is 27.8. The summed E-state index contributed by atoms with van der Waals surface area (Å²) < 4.78 is 33.7. The van der Waals surface area contributed by atoms with Crippen LogP contribution in [0.25, 0.3) is 0 Å². The number of methoxy groups -OCH3 is 1. The van der Waals surface area contributed by atoms with Crippen molar-refractivity contribution in [2.75, 3.05) is 24.5 Å². The second kappa shape index (κ2) is 13.0. The Labute approximate surface area is 233 Å². The molecule has 0 radical (unpaired) electrons. The summed E-state index contributed by atoms with van der Waals surface area (Å²) in [6, 6.07) is 18.2. The van der Waals surface area contributed by atoms with Gasteiger partial charge in [0.05, 0.1) is 17.7 Å². The van der Waals surface area contributed by atoms with Gasteiger partial charge in [0.25, 0.3) is 10.0 Å². The number of amides is 2. The summed E-state index contributed by atoms with van der Waals surface area (Å²) in [6.45, 7) is 3.03. The van der Waals surface area contributed by atoms with Crippen LogP contribution in [0.1, 0.15) is 19.4 Å². The van der Waals surface area contributed by atoms with E-state index in [-0.39, 0.29) is 17.1 Å². The average Bonchev–Trinajstić information content (AvgIpc) is 2.91. The maximum atomic E-state index is 13.8. The van der Waals surface area contributed by atoms with Crippen LogP contribution in [0.5, 0.6) is 5.75 Å². The molecule has 1 N–H and O–H groups in total. The third kappa shape index (κ3) is 6.78. The summed E-state index contributed by atoms with van der Waals surface area (Å²) in [5, 5.41) is 3.35. The maximum Gasteiger partial charge on any atom is 0.264 e. The molecule has 0 bridgehead atoms. The first kappa shape index (κ1) is 29.3. The molecule has 8 nitrogen and oxygen atoms in total. The van der Waals surface area contributed by atoms with Gasteiger partial charge in [0.1, 0.15) is 18.3 Å². The number of carbonyl (C=O) groups excluding carboxylic acids is 2. The molecule has 0 aliphatic carbocycles. The highest BCUT2D eigenvalue weighted by Gasteiger charge is 2.33. The van der Waals surface area contributed by atoms with Crippen molar-refractivity contribution in [1.82, 2.24) is 10.2 Å². The van der Waals surface area contributed by atoms with Gasteiger partial charge < -0.3 is 15.0 Å². The lowest BCUT2D eigenvalue weighted by Crippen LogP contribution is -2.51. The number of nitrogens with one attached hydrogen (secondary N) is 1. The summed E-state index contributed by atoms with van der Waals surface area (Å²) in [5.74, 6) is -0.515. The molecule has 0 aromatic heterocycles. The maximum absolute atomic E-state index is 13.8. The van der Waals surface area contributed by atoms with Gasteiger partial charge in [0.15, 0.2) is 0 Å². The van der Waals surface area contributed by atoms with E-state index in [9.17, 15) is 18.0 Å². The largest absolute Gasteiger partial charge is 0.497 e. The van der Waals surface area contributed by atoms with Crippen molar-refractivity contribution < 1.29 is 22.7 Å². The molecule has 202 valence electrons. The van der Waals surface area contributed by atoms with Crippen LogP contribution in [0.2, 0.25) is 10.0 Å². The Bertz CT molecular complexity index is 1350. The number of likely N-dealkylation sites (N-methyl/N-ethyl adjacent to an activating group) is 1.